The zero-order valence-electron chi connectivity index (χ0n) is 18.1. The molecule has 2 N–H and O–H groups in total. The van der Waals surface area contributed by atoms with Crippen LogP contribution in [-0.4, -0.2) is 60.9 Å². The lowest BCUT2D eigenvalue weighted by Gasteiger charge is -2.36. The fourth-order valence-corrected chi connectivity index (χ4v) is 4.12. The molecule has 0 bridgehead atoms. The van der Waals surface area contributed by atoms with E-state index in [1.54, 1.807) is 11.0 Å². The molecule has 168 valence electrons. The van der Waals surface area contributed by atoms with Crippen LogP contribution in [0.1, 0.15) is 19.8 Å². The summed E-state index contributed by atoms with van der Waals surface area (Å²) in [7, 11) is 0. The first-order valence-electron chi connectivity index (χ1n) is 10.9. The summed E-state index contributed by atoms with van der Waals surface area (Å²) in [4.78, 5) is 40.8. The predicted octanol–water partition coefficient (Wildman–Crippen LogP) is 2.02. The third-order valence-electron chi connectivity index (χ3n) is 5.80. The number of amides is 3. The number of hydrogen-bond donors (Lipinski definition) is 2. The molecule has 32 heavy (non-hydrogen) atoms. The van der Waals surface area contributed by atoms with Crippen LogP contribution in [-0.2, 0) is 14.4 Å². The molecule has 0 radical (unpaired) electrons. The second kappa shape index (κ2) is 9.82. The van der Waals surface area contributed by atoms with E-state index in [9.17, 15) is 14.4 Å². The van der Waals surface area contributed by atoms with Gasteiger partial charge in [-0.3, -0.25) is 19.3 Å². The van der Waals surface area contributed by atoms with Crippen molar-refractivity contribution in [2.45, 2.75) is 31.9 Å². The molecule has 4 rings (SSSR count). The molecule has 2 aromatic carbocycles. The molecular weight excluding hydrogens is 408 g/mol. The molecule has 2 aliphatic rings. The number of fused-ring (bicyclic) bond motifs is 1. The van der Waals surface area contributed by atoms with E-state index >= 15 is 0 Å². The summed E-state index contributed by atoms with van der Waals surface area (Å²) in [6, 6.07) is 16.6. The number of rotatable bonds is 5. The Morgan fingerprint density at radius 3 is 2.41 bits per heavy atom. The number of nitrogens with zero attached hydrogens (tertiary/aromatic N) is 2. The van der Waals surface area contributed by atoms with Crippen LogP contribution in [0.15, 0.2) is 54.6 Å². The Morgan fingerprint density at radius 1 is 1.00 bits per heavy atom. The van der Waals surface area contributed by atoms with Gasteiger partial charge in [-0.1, -0.05) is 30.3 Å². The van der Waals surface area contributed by atoms with E-state index in [2.05, 4.69) is 15.5 Å². The van der Waals surface area contributed by atoms with Gasteiger partial charge in [-0.15, -0.1) is 0 Å². The second-order valence-electron chi connectivity index (χ2n) is 8.18. The van der Waals surface area contributed by atoms with Gasteiger partial charge < -0.3 is 20.3 Å². The van der Waals surface area contributed by atoms with E-state index in [4.69, 9.17) is 4.74 Å². The summed E-state index contributed by atoms with van der Waals surface area (Å²) in [5.74, 6) is 0.150. The maximum atomic E-state index is 12.9. The molecule has 8 heteroatoms. The van der Waals surface area contributed by atoms with Gasteiger partial charge >= 0.3 is 0 Å². The van der Waals surface area contributed by atoms with Crippen LogP contribution in [0.2, 0.25) is 0 Å². The van der Waals surface area contributed by atoms with Crippen molar-refractivity contribution in [2.75, 3.05) is 36.4 Å². The van der Waals surface area contributed by atoms with Crippen molar-refractivity contribution in [2.24, 2.45) is 0 Å². The van der Waals surface area contributed by atoms with E-state index in [1.807, 2.05) is 48.5 Å². The van der Waals surface area contributed by atoms with Crippen molar-refractivity contribution in [3.63, 3.8) is 0 Å². The Morgan fingerprint density at radius 2 is 1.69 bits per heavy atom. The van der Waals surface area contributed by atoms with E-state index in [1.165, 1.54) is 6.92 Å². The number of anilines is 2. The van der Waals surface area contributed by atoms with Crippen molar-refractivity contribution in [1.82, 2.24) is 10.2 Å². The van der Waals surface area contributed by atoms with Crippen molar-refractivity contribution in [3.8, 4) is 5.75 Å². The Balaban J connectivity index is 1.26. The summed E-state index contributed by atoms with van der Waals surface area (Å²) in [5, 5.41) is 5.96. The molecule has 0 spiro atoms. The van der Waals surface area contributed by atoms with Gasteiger partial charge in [0.15, 0.2) is 6.10 Å². The number of piperidine rings is 1. The number of nitrogens with one attached hydrogen (secondary N) is 2. The van der Waals surface area contributed by atoms with Crippen molar-refractivity contribution in [3.05, 3.63) is 54.6 Å². The molecule has 1 fully saturated rings. The number of benzene rings is 2. The Labute approximate surface area is 187 Å². The van der Waals surface area contributed by atoms with E-state index in [0.717, 1.165) is 31.6 Å². The first-order chi connectivity index (χ1) is 15.5. The van der Waals surface area contributed by atoms with Crippen LogP contribution in [0.25, 0.3) is 0 Å². The van der Waals surface area contributed by atoms with Gasteiger partial charge in [-0.05, 0) is 37.1 Å². The Hall–Kier alpha value is -3.39. The fraction of sp³-hybridized carbons (Fsp3) is 0.375. The highest BCUT2D eigenvalue weighted by molar-refractivity contribution is 5.96. The number of hydrogen-bond acceptors (Lipinski definition) is 5. The molecule has 2 aliphatic heterocycles. The largest absolute Gasteiger partial charge is 0.477 e. The summed E-state index contributed by atoms with van der Waals surface area (Å²) in [6.07, 6.45) is 0.761. The lowest BCUT2D eigenvalue weighted by molar-refractivity contribution is -0.129. The van der Waals surface area contributed by atoms with Crippen LogP contribution in [0, 0.1) is 0 Å². The van der Waals surface area contributed by atoms with E-state index in [-0.39, 0.29) is 30.3 Å². The molecule has 2 heterocycles. The maximum absolute atomic E-state index is 12.9. The minimum absolute atomic E-state index is 0.0162. The van der Waals surface area contributed by atoms with E-state index < -0.39 is 6.10 Å². The lowest BCUT2D eigenvalue weighted by atomic mass is 10.0. The topological polar surface area (TPSA) is 91.0 Å². The van der Waals surface area contributed by atoms with Gasteiger partial charge in [0.05, 0.1) is 18.8 Å². The van der Waals surface area contributed by atoms with Gasteiger partial charge in [0.25, 0.3) is 5.91 Å². The van der Waals surface area contributed by atoms with Crippen LogP contribution in [0.4, 0.5) is 11.4 Å². The number of likely N-dealkylation sites (tertiary alicyclic amines) is 1. The summed E-state index contributed by atoms with van der Waals surface area (Å²) >= 11 is 0. The first kappa shape index (κ1) is 21.8. The van der Waals surface area contributed by atoms with Crippen molar-refractivity contribution >= 4 is 29.1 Å². The SMILES string of the molecule is CC(=O)N1CC(C(=O)NC2CCN(CC(=O)Nc3ccccc3)CC2)Oc2ccccc21. The third kappa shape index (κ3) is 5.26. The summed E-state index contributed by atoms with van der Waals surface area (Å²) < 4.78 is 5.88. The molecule has 1 unspecified atom stereocenters. The third-order valence-corrected chi connectivity index (χ3v) is 5.80. The number of carbonyl (C=O) groups is 3. The van der Waals surface area contributed by atoms with Crippen molar-refractivity contribution < 1.29 is 19.1 Å². The number of carbonyl (C=O) groups excluding carboxylic acids is 3. The Bertz CT molecular complexity index is 973. The highest BCUT2D eigenvalue weighted by atomic mass is 16.5. The van der Waals surface area contributed by atoms with Crippen LogP contribution in [0.5, 0.6) is 5.75 Å². The standard InChI is InChI=1S/C24H28N4O4/c1-17(29)28-15-22(32-21-10-6-5-9-20(21)28)24(31)26-19-11-13-27(14-12-19)16-23(30)25-18-7-3-2-4-8-18/h2-10,19,22H,11-16H2,1H3,(H,25,30)(H,26,31). The van der Waals surface area contributed by atoms with Crippen LogP contribution in [0.3, 0.4) is 0 Å². The van der Waals surface area contributed by atoms with Gasteiger partial charge in [-0.2, -0.15) is 0 Å². The molecule has 1 atom stereocenters. The van der Waals surface area contributed by atoms with Crippen molar-refractivity contribution in [1.29, 1.82) is 0 Å². The van der Waals surface area contributed by atoms with Gasteiger partial charge in [-0.25, -0.2) is 0 Å². The molecule has 0 aromatic heterocycles. The quantitative estimate of drug-likeness (QED) is 0.748. The Kier molecular flexibility index (Phi) is 6.70. The molecule has 0 aliphatic carbocycles. The highest BCUT2D eigenvalue weighted by Crippen LogP contribution is 2.33. The molecular formula is C24H28N4O4. The molecule has 0 saturated carbocycles. The average Bonchev–Trinajstić information content (AvgIpc) is 2.80. The van der Waals surface area contributed by atoms with Gasteiger partial charge in [0.1, 0.15) is 5.75 Å². The number of ether oxygens (including phenoxy) is 1. The average molecular weight is 437 g/mol. The van der Waals surface area contributed by atoms with Gasteiger partial charge in [0.2, 0.25) is 11.8 Å². The van der Waals surface area contributed by atoms with E-state index in [0.29, 0.717) is 18.0 Å². The zero-order valence-corrected chi connectivity index (χ0v) is 18.1. The predicted molar refractivity (Wildman–Crippen MR) is 122 cm³/mol. The fourth-order valence-electron chi connectivity index (χ4n) is 4.12. The molecule has 8 nitrogen and oxygen atoms in total. The summed E-state index contributed by atoms with van der Waals surface area (Å²) in [5.41, 5.74) is 1.47. The highest BCUT2D eigenvalue weighted by Gasteiger charge is 2.34. The monoisotopic (exact) mass is 436 g/mol. The summed E-state index contributed by atoms with van der Waals surface area (Å²) in [6.45, 7) is 3.45. The van der Waals surface area contributed by atoms with Crippen LogP contribution >= 0.6 is 0 Å². The maximum Gasteiger partial charge on any atom is 0.263 e. The molecule has 3 amide bonds. The first-order valence-corrected chi connectivity index (χ1v) is 10.9. The molecule has 1 saturated heterocycles. The second-order valence-corrected chi connectivity index (χ2v) is 8.18. The lowest BCUT2D eigenvalue weighted by Crippen LogP contribution is -2.54. The zero-order chi connectivity index (χ0) is 22.5. The minimum Gasteiger partial charge on any atom is -0.477 e. The normalized spacial score (nSPS) is 18.9. The van der Waals surface area contributed by atoms with Crippen LogP contribution < -0.4 is 20.3 Å². The molecule has 2 aromatic rings. The van der Waals surface area contributed by atoms with Gasteiger partial charge in [0, 0.05) is 31.7 Å². The number of para-hydroxylation sites is 3. The smallest absolute Gasteiger partial charge is 0.263 e. The minimum atomic E-state index is -0.747.